The van der Waals surface area contributed by atoms with E-state index in [2.05, 4.69) is 12.2 Å². The number of benzene rings is 2. The number of carbonyl (C=O) groups is 2. The van der Waals surface area contributed by atoms with Crippen molar-refractivity contribution in [2.45, 2.75) is 32.1 Å². The number of carbonyl (C=O) groups excluding carboxylic acids is 1. The number of thiophene rings is 1. The molecule has 2 aromatic carbocycles. The molecule has 0 spiro atoms. The van der Waals surface area contributed by atoms with Gasteiger partial charge in [0.25, 0.3) is 0 Å². The zero-order chi connectivity index (χ0) is 22.7. The van der Waals surface area contributed by atoms with Crippen LogP contribution >= 0.6 is 11.3 Å². The maximum absolute atomic E-state index is 12.7. The van der Waals surface area contributed by atoms with Gasteiger partial charge in [0, 0.05) is 22.8 Å². The number of aromatic carboxylic acids is 1. The Morgan fingerprint density at radius 2 is 1.97 bits per heavy atom. The van der Waals surface area contributed by atoms with Crippen LogP contribution in [-0.4, -0.2) is 30.7 Å². The van der Waals surface area contributed by atoms with Gasteiger partial charge in [-0.1, -0.05) is 49.7 Å². The van der Waals surface area contributed by atoms with Crippen molar-refractivity contribution in [3.63, 3.8) is 0 Å². The number of hydrogen-bond donors (Lipinski definition) is 2. The van der Waals surface area contributed by atoms with Crippen LogP contribution in [0.4, 0.5) is 5.69 Å². The molecule has 1 atom stereocenters. The third kappa shape index (κ3) is 4.21. The topological polar surface area (TPSA) is 84.9 Å². The third-order valence-electron chi connectivity index (χ3n) is 5.51. The van der Waals surface area contributed by atoms with Crippen molar-refractivity contribution in [3.8, 4) is 22.6 Å². The van der Waals surface area contributed by atoms with Crippen LogP contribution in [0.5, 0.6) is 11.5 Å². The molecule has 4 rings (SSSR count). The highest BCUT2D eigenvalue weighted by molar-refractivity contribution is 7.15. The largest absolute Gasteiger partial charge is 0.493 e. The summed E-state index contributed by atoms with van der Waals surface area (Å²) in [6.45, 7) is 2.71. The molecule has 166 valence electrons. The summed E-state index contributed by atoms with van der Waals surface area (Å²) in [6.07, 6.45) is 2.22. The Balaban J connectivity index is 1.79. The summed E-state index contributed by atoms with van der Waals surface area (Å²) in [7, 11) is 1.59. The van der Waals surface area contributed by atoms with Gasteiger partial charge in [-0.2, -0.15) is 0 Å². The number of nitrogens with one attached hydrogen (secondary N) is 1. The van der Waals surface area contributed by atoms with Crippen LogP contribution in [0.15, 0.2) is 48.5 Å². The van der Waals surface area contributed by atoms with Gasteiger partial charge in [0.1, 0.15) is 4.88 Å². The maximum atomic E-state index is 12.7. The number of fused-ring (bicyclic) bond motifs is 1. The van der Waals surface area contributed by atoms with Gasteiger partial charge in [0.2, 0.25) is 5.91 Å². The average Bonchev–Trinajstić information content (AvgIpc) is 3.19. The molecule has 2 heterocycles. The predicted molar refractivity (Wildman–Crippen MR) is 125 cm³/mol. The molecule has 0 saturated carbocycles. The molecule has 1 aromatic heterocycles. The number of rotatable bonds is 8. The Morgan fingerprint density at radius 3 is 2.66 bits per heavy atom. The molecule has 0 radical (unpaired) electrons. The van der Waals surface area contributed by atoms with Crippen LogP contribution in [0.1, 0.15) is 52.2 Å². The van der Waals surface area contributed by atoms with Crippen LogP contribution in [0.2, 0.25) is 0 Å². The second-order valence-corrected chi connectivity index (χ2v) is 8.69. The molecule has 1 aliphatic rings. The van der Waals surface area contributed by atoms with Gasteiger partial charge in [0.15, 0.2) is 11.5 Å². The number of carboxylic acid groups (broad SMARTS) is 1. The highest BCUT2D eigenvalue weighted by Gasteiger charge is 2.34. The van der Waals surface area contributed by atoms with Crippen LogP contribution in [0.3, 0.4) is 0 Å². The van der Waals surface area contributed by atoms with E-state index in [9.17, 15) is 14.7 Å². The Labute approximate surface area is 190 Å². The fourth-order valence-electron chi connectivity index (χ4n) is 3.93. The second-order valence-electron chi connectivity index (χ2n) is 7.63. The minimum Gasteiger partial charge on any atom is -0.493 e. The van der Waals surface area contributed by atoms with Crippen LogP contribution in [-0.2, 0) is 4.79 Å². The molecule has 6 nitrogen and oxygen atoms in total. The van der Waals surface area contributed by atoms with E-state index in [1.54, 1.807) is 7.11 Å². The van der Waals surface area contributed by atoms with Crippen LogP contribution in [0.25, 0.3) is 11.1 Å². The van der Waals surface area contributed by atoms with E-state index in [4.69, 9.17) is 9.47 Å². The van der Waals surface area contributed by atoms with E-state index in [1.807, 2.05) is 48.5 Å². The molecule has 0 saturated heterocycles. The Bertz CT molecular complexity index is 1140. The van der Waals surface area contributed by atoms with Crippen molar-refractivity contribution in [2.75, 3.05) is 19.0 Å². The zero-order valence-corrected chi connectivity index (χ0v) is 18.8. The van der Waals surface area contributed by atoms with E-state index in [1.165, 1.54) is 11.3 Å². The smallest absolute Gasteiger partial charge is 0.346 e. The Hall–Kier alpha value is -3.32. The fourth-order valence-corrected chi connectivity index (χ4v) is 5.18. The molecule has 0 fully saturated rings. The van der Waals surface area contributed by atoms with Crippen molar-refractivity contribution < 1.29 is 24.2 Å². The van der Waals surface area contributed by atoms with E-state index in [-0.39, 0.29) is 23.1 Å². The lowest BCUT2D eigenvalue weighted by Crippen LogP contribution is -2.22. The monoisotopic (exact) mass is 451 g/mol. The first-order valence-electron chi connectivity index (χ1n) is 10.6. The molecule has 0 aliphatic carbocycles. The summed E-state index contributed by atoms with van der Waals surface area (Å²) in [6, 6.07) is 15.0. The summed E-state index contributed by atoms with van der Waals surface area (Å²) in [5.41, 5.74) is 2.80. The fraction of sp³-hybridized carbons (Fsp3) is 0.280. The summed E-state index contributed by atoms with van der Waals surface area (Å²) in [5.74, 6) is -0.153. The van der Waals surface area contributed by atoms with Gasteiger partial charge in [0.05, 0.1) is 19.4 Å². The standard InChI is InChI=1S/C25H25NO5S/c1-3-4-12-31-18-11-10-16(13-19(18)30-2)17-14-20(27)26-22-21(15-8-6-5-7-9-15)24(25(28)29)32-23(17)22/h5-11,13,17H,3-4,12,14H2,1-2H3,(H,26,27)(H,28,29)/t17-/m0/s1. The van der Waals surface area contributed by atoms with Gasteiger partial charge in [-0.05, 0) is 29.7 Å². The number of unbranched alkanes of at least 4 members (excludes halogenated alkanes) is 1. The van der Waals surface area contributed by atoms with Crippen molar-refractivity contribution >= 4 is 28.9 Å². The van der Waals surface area contributed by atoms with Crippen molar-refractivity contribution in [1.82, 2.24) is 0 Å². The number of anilines is 1. The molecule has 1 amide bonds. The average molecular weight is 452 g/mol. The van der Waals surface area contributed by atoms with Crippen LogP contribution < -0.4 is 14.8 Å². The highest BCUT2D eigenvalue weighted by Crippen LogP contribution is 2.50. The molecule has 0 unspecified atom stereocenters. The molecule has 2 N–H and O–H groups in total. The van der Waals surface area contributed by atoms with E-state index in [0.717, 1.165) is 28.8 Å². The summed E-state index contributed by atoms with van der Waals surface area (Å²) >= 11 is 1.22. The number of hydrogen-bond acceptors (Lipinski definition) is 5. The lowest BCUT2D eigenvalue weighted by atomic mass is 9.88. The van der Waals surface area contributed by atoms with E-state index >= 15 is 0 Å². The number of amides is 1. The first-order chi connectivity index (χ1) is 15.5. The molecule has 32 heavy (non-hydrogen) atoms. The summed E-state index contributed by atoms with van der Waals surface area (Å²) < 4.78 is 11.4. The number of ether oxygens (including phenoxy) is 2. The Kier molecular flexibility index (Phi) is 6.46. The molecular formula is C25H25NO5S. The quantitative estimate of drug-likeness (QED) is 0.425. The van der Waals surface area contributed by atoms with E-state index < -0.39 is 5.97 Å². The van der Waals surface area contributed by atoms with Crippen molar-refractivity contribution in [1.29, 1.82) is 0 Å². The zero-order valence-electron chi connectivity index (χ0n) is 18.0. The minimum atomic E-state index is -1.01. The number of methoxy groups -OCH3 is 1. The third-order valence-corrected chi connectivity index (χ3v) is 6.80. The SMILES string of the molecule is CCCCOc1ccc([C@@H]2CC(=O)Nc3c2sc(C(=O)O)c3-c2ccccc2)cc1OC. The lowest BCUT2D eigenvalue weighted by molar-refractivity contribution is -0.116. The first kappa shape index (κ1) is 21.9. The van der Waals surface area contributed by atoms with E-state index in [0.29, 0.717) is 29.4 Å². The lowest BCUT2D eigenvalue weighted by Gasteiger charge is -2.24. The molecule has 3 aromatic rings. The summed E-state index contributed by atoms with van der Waals surface area (Å²) in [4.78, 5) is 25.8. The van der Waals surface area contributed by atoms with Crippen LogP contribution in [0, 0.1) is 0 Å². The summed E-state index contributed by atoms with van der Waals surface area (Å²) in [5, 5.41) is 12.8. The number of carboxylic acids is 1. The van der Waals surface area contributed by atoms with Gasteiger partial charge in [-0.3, -0.25) is 4.79 Å². The normalized spacial score (nSPS) is 15.1. The van der Waals surface area contributed by atoms with Crippen molar-refractivity contribution in [2.24, 2.45) is 0 Å². The first-order valence-corrected chi connectivity index (χ1v) is 11.4. The highest BCUT2D eigenvalue weighted by atomic mass is 32.1. The molecular weight excluding hydrogens is 426 g/mol. The van der Waals surface area contributed by atoms with Gasteiger partial charge in [-0.15, -0.1) is 11.3 Å². The van der Waals surface area contributed by atoms with Gasteiger partial charge < -0.3 is 19.9 Å². The predicted octanol–water partition coefficient (Wildman–Crippen LogP) is 5.77. The van der Waals surface area contributed by atoms with Gasteiger partial charge in [-0.25, -0.2) is 4.79 Å². The maximum Gasteiger partial charge on any atom is 0.346 e. The van der Waals surface area contributed by atoms with Gasteiger partial charge >= 0.3 is 5.97 Å². The molecule has 1 aliphatic heterocycles. The second kappa shape index (κ2) is 9.44. The minimum absolute atomic E-state index is 0.142. The Morgan fingerprint density at radius 1 is 1.19 bits per heavy atom. The molecule has 0 bridgehead atoms. The van der Waals surface area contributed by atoms with Crippen molar-refractivity contribution in [3.05, 3.63) is 63.8 Å². The molecule has 7 heteroatoms.